The van der Waals surface area contributed by atoms with Crippen molar-refractivity contribution in [3.8, 4) is 0 Å². The Bertz CT molecular complexity index is 495. The van der Waals surface area contributed by atoms with Gasteiger partial charge in [-0.2, -0.15) is 0 Å². The highest BCUT2D eigenvalue weighted by atomic mass is 16.7. The average molecular weight is 457 g/mol. The minimum absolute atomic E-state index is 0.255. The van der Waals surface area contributed by atoms with Crippen molar-refractivity contribution in [3.05, 3.63) is 0 Å². The Morgan fingerprint density at radius 2 is 1.09 bits per heavy atom. The molecule has 2 unspecified atom stereocenters. The van der Waals surface area contributed by atoms with Crippen molar-refractivity contribution in [2.45, 2.75) is 141 Å². The van der Waals surface area contributed by atoms with Crippen LogP contribution >= 0.6 is 0 Å². The fraction of sp³-hybridized carbons (Fsp3) is 0.923. The third-order valence-electron chi connectivity index (χ3n) is 6.54. The zero-order valence-corrected chi connectivity index (χ0v) is 20.5. The summed E-state index contributed by atoms with van der Waals surface area (Å²) in [5, 5.41) is 18.6. The molecule has 0 spiro atoms. The second-order valence-corrected chi connectivity index (χ2v) is 9.41. The van der Waals surface area contributed by atoms with Crippen LogP contribution in [0, 0.1) is 0 Å². The van der Waals surface area contributed by atoms with Crippen LogP contribution < -0.4 is 0 Å². The van der Waals surface area contributed by atoms with E-state index in [1.807, 2.05) is 0 Å². The molecular formula is C26H48O6. The van der Waals surface area contributed by atoms with E-state index in [1.54, 1.807) is 0 Å². The van der Waals surface area contributed by atoms with Gasteiger partial charge in [-0.3, -0.25) is 0 Å². The minimum Gasteiger partial charge on any atom is -0.445 e. The Labute approximate surface area is 195 Å². The third-order valence-corrected chi connectivity index (χ3v) is 6.54. The van der Waals surface area contributed by atoms with Crippen LogP contribution in [0.3, 0.4) is 0 Å². The highest BCUT2D eigenvalue weighted by molar-refractivity contribution is 5.90. The van der Waals surface area contributed by atoms with Crippen LogP contribution in [0.2, 0.25) is 0 Å². The molecular weight excluding hydrogens is 408 g/mol. The van der Waals surface area contributed by atoms with Crippen LogP contribution in [-0.2, 0) is 19.1 Å². The summed E-state index contributed by atoms with van der Waals surface area (Å²) in [6.45, 7) is 1.07. The molecule has 0 bridgehead atoms. The highest BCUT2D eigenvalue weighted by Gasteiger charge is 2.50. The summed E-state index contributed by atoms with van der Waals surface area (Å²) in [6.07, 6.45) is 21.9. The van der Waals surface area contributed by atoms with Gasteiger partial charge in [-0.05, 0) is 6.42 Å². The van der Waals surface area contributed by atoms with Crippen molar-refractivity contribution >= 4 is 11.9 Å². The lowest BCUT2D eigenvalue weighted by molar-refractivity contribution is -0.219. The maximum atomic E-state index is 12.1. The van der Waals surface area contributed by atoms with E-state index in [9.17, 15) is 14.7 Å². The molecule has 0 amide bonds. The van der Waals surface area contributed by atoms with Crippen LogP contribution in [-0.4, -0.2) is 47.1 Å². The summed E-state index contributed by atoms with van der Waals surface area (Å²) in [5.74, 6) is -1.55. The molecule has 0 radical (unpaired) electrons. The molecule has 1 rings (SSSR count). The molecule has 32 heavy (non-hydrogen) atoms. The SMILES string of the molecule is CCCCCCCCCCCCCCCCCCCCC1(CO)OC(=O)C(CO)OC1=O. The maximum absolute atomic E-state index is 12.1. The van der Waals surface area contributed by atoms with Crippen molar-refractivity contribution in [1.82, 2.24) is 0 Å². The summed E-state index contributed by atoms with van der Waals surface area (Å²) < 4.78 is 10.1. The third kappa shape index (κ3) is 11.6. The van der Waals surface area contributed by atoms with Gasteiger partial charge in [-0.15, -0.1) is 0 Å². The van der Waals surface area contributed by atoms with Crippen molar-refractivity contribution in [1.29, 1.82) is 0 Å². The first-order valence-corrected chi connectivity index (χ1v) is 13.2. The molecule has 6 heteroatoms. The first-order valence-electron chi connectivity index (χ1n) is 13.2. The summed E-state index contributed by atoms with van der Waals surface area (Å²) >= 11 is 0. The predicted octanol–water partition coefficient (Wildman–Crippen LogP) is 5.61. The number of hydrogen-bond acceptors (Lipinski definition) is 6. The molecule has 0 aromatic rings. The van der Waals surface area contributed by atoms with E-state index in [0.29, 0.717) is 6.42 Å². The molecule has 0 saturated carbocycles. The predicted molar refractivity (Wildman–Crippen MR) is 126 cm³/mol. The normalized spacial score (nSPS) is 20.9. The molecule has 1 fully saturated rings. The number of cyclic esters (lactones) is 2. The van der Waals surface area contributed by atoms with Gasteiger partial charge in [0.1, 0.15) is 0 Å². The molecule has 1 aliphatic rings. The van der Waals surface area contributed by atoms with Gasteiger partial charge in [0.15, 0.2) is 0 Å². The van der Waals surface area contributed by atoms with Crippen LogP contribution in [0.4, 0.5) is 0 Å². The molecule has 1 saturated heterocycles. The van der Waals surface area contributed by atoms with Crippen molar-refractivity contribution in [3.63, 3.8) is 0 Å². The number of esters is 2. The number of rotatable bonds is 21. The first-order chi connectivity index (χ1) is 15.6. The van der Waals surface area contributed by atoms with Crippen LogP contribution in [0.1, 0.15) is 129 Å². The molecule has 6 nitrogen and oxygen atoms in total. The number of carbonyl (C=O) groups is 2. The molecule has 1 aliphatic heterocycles. The smallest absolute Gasteiger partial charge is 0.354 e. The number of ether oxygens (including phenoxy) is 2. The Hall–Kier alpha value is -1.14. The molecule has 1 heterocycles. The number of aliphatic hydroxyl groups is 2. The van der Waals surface area contributed by atoms with E-state index < -0.39 is 36.9 Å². The first kappa shape index (κ1) is 28.9. The maximum Gasteiger partial charge on any atom is 0.354 e. The van der Waals surface area contributed by atoms with Gasteiger partial charge >= 0.3 is 11.9 Å². The van der Waals surface area contributed by atoms with E-state index in [1.165, 1.54) is 96.3 Å². The number of hydrogen-bond donors (Lipinski definition) is 2. The van der Waals surface area contributed by atoms with Crippen molar-refractivity contribution in [2.24, 2.45) is 0 Å². The monoisotopic (exact) mass is 456 g/mol. The quantitative estimate of drug-likeness (QED) is 0.172. The number of carbonyl (C=O) groups excluding carboxylic acids is 2. The molecule has 0 aliphatic carbocycles. The summed E-state index contributed by atoms with van der Waals surface area (Å²) in [4.78, 5) is 23.9. The molecule has 2 N–H and O–H groups in total. The summed E-state index contributed by atoms with van der Waals surface area (Å²) in [6, 6.07) is 0. The molecule has 188 valence electrons. The van der Waals surface area contributed by atoms with Gasteiger partial charge in [-0.25, -0.2) is 9.59 Å². The van der Waals surface area contributed by atoms with Gasteiger partial charge in [0, 0.05) is 6.42 Å². The zero-order chi connectivity index (χ0) is 23.5. The van der Waals surface area contributed by atoms with E-state index in [2.05, 4.69) is 6.92 Å². The Morgan fingerprint density at radius 3 is 1.47 bits per heavy atom. The second kappa shape index (κ2) is 18.3. The largest absolute Gasteiger partial charge is 0.445 e. The number of unbranched alkanes of at least 4 members (excludes halogenated alkanes) is 17. The van der Waals surface area contributed by atoms with Crippen LogP contribution in [0.5, 0.6) is 0 Å². The van der Waals surface area contributed by atoms with Crippen LogP contribution in [0.15, 0.2) is 0 Å². The van der Waals surface area contributed by atoms with E-state index in [0.717, 1.165) is 12.8 Å². The van der Waals surface area contributed by atoms with Gasteiger partial charge < -0.3 is 19.7 Å². The van der Waals surface area contributed by atoms with Gasteiger partial charge in [0.25, 0.3) is 0 Å². The van der Waals surface area contributed by atoms with E-state index >= 15 is 0 Å². The second-order valence-electron chi connectivity index (χ2n) is 9.41. The molecule has 2 atom stereocenters. The topological polar surface area (TPSA) is 93.1 Å². The Balaban J connectivity index is 1.92. The van der Waals surface area contributed by atoms with Crippen LogP contribution in [0.25, 0.3) is 0 Å². The molecule has 0 aromatic heterocycles. The lowest BCUT2D eigenvalue weighted by Crippen LogP contribution is -2.56. The lowest BCUT2D eigenvalue weighted by atomic mass is 9.94. The van der Waals surface area contributed by atoms with Gasteiger partial charge in [-0.1, -0.05) is 116 Å². The highest BCUT2D eigenvalue weighted by Crippen LogP contribution is 2.27. The Kier molecular flexibility index (Phi) is 16.5. The molecule has 0 aromatic carbocycles. The van der Waals surface area contributed by atoms with Crippen molar-refractivity contribution in [2.75, 3.05) is 13.2 Å². The zero-order valence-electron chi connectivity index (χ0n) is 20.5. The Morgan fingerprint density at radius 1 is 0.688 bits per heavy atom. The van der Waals surface area contributed by atoms with Gasteiger partial charge in [0.2, 0.25) is 11.7 Å². The van der Waals surface area contributed by atoms with Gasteiger partial charge in [0.05, 0.1) is 13.2 Å². The van der Waals surface area contributed by atoms with E-state index in [4.69, 9.17) is 14.6 Å². The number of aliphatic hydroxyl groups excluding tert-OH is 2. The summed E-state index contributed by atoms with van der Waals surface area (Å²) in [5.41, 5.74) is -1.60. The minimum atomic E-state index is -1.60. The van der Waals surface area contributed by atoms with Crippen molar-refractivity contribution < 1.29 is 29.3 Å². The average Bonchev–Trinajstić information content (AvgIpc) is 2.80. The standard InChI is InChI=1S/C26H48O6/c1-2-3-4-5-6-7-8-9-10-11-12-13-14-15-16-17-18-19-20-26(22-28)25(30)31-23(21-27)24(29)32-26/h23,27-28H,2-22H2,1H3. The fourth-order valence-corrected chi connectivity index (χ4v) is 4.34. The lowest BCUT2D eigenvalue weighted by Gasteiger charge is -2.35. The summed E-state index contributed by atoms with van der Waals surface area (Å²) in [7, 11) is 0. The van der Waals surface area contributed by atoms with E-state index in [-0.39, 0.29) is 6.42 Å². The fourth-order valence-electron chi connectivity index (χ4n) is 4.34.